The van der Waals surface area contributed by atoms with Crippen LogP contribution in [0, 0.1) is 11.8 Å². The summed E-state index contributed by atoms with van der Waals surface area (Å²) in [5.41, 5.74) is -0.131. The molecule has 5 rings (SSSR count). The molecule has 0 amide bonds. The number of fused-ring (bicyclic) bond motifs is 1. The number of hydrogen-bond acceptors (Lipinski definition) is 8. The van der Waals surface area contributed by atoms with Crippen LogP contribution < -0.4 is 10.9 Å². The third kappa shape index (κ3) is 9.22. The molecule has 2 heterocycles. The van der Waals surface area contributed by atoms with Crippen LogP contribution in [0.25, 0.3) is 10.9 Å². The van der Waals surface area contributed by atoms with Crippen molar-refractivity contribution in [3.8, 4) is 5.75 Å². The predicted octanol–water partition coefficient (Wildman–Crippen LogP) is 5.53. The number of carbonyl (C=O) groups excluding carboxylic acids is 1. The van der Waals surface area contributed by atoms with Crippen LogP contribution in [0.3, 0.4) is 0 Å². The number of pyridine rings is 1. The van der Waals surface area contributed by atoms with Gasteiger partial charge in [-0.3, -0.25) is 4.79 Å². The van der Waals surface area contributed by atoms with Gasteiger partial charge in [-0.25, -0.2) is 4.79 Å². The summed E-state index contributed by atoms with van der Waals surface area (Å²) in [5, 5.41) is 36.2. The highest BCUT2D eigenvalue weighted by Gasteiger charge is 2.49. The number of nitrogens with one attached hydrogen (secondary N) is 2. The van der Waals surface area contributed by atoms with E-state index in [-0.39, 0.29) is 17.2 Å². The number of benzene rings is 2. The van der Waals surface area contributed by atoms with Crippen LogP contribution in [0.5, 0.6) is 5.75 Å². The van der Waals surface area contributed by atoms with E-state index in [4.69, 9.17) is 4.74 Å². The van der Waals surface area contributed by atoms with E-state index in [9.17, 15) is 24.9 Å². The van der Waals surface area contributed by atoms with Crippen LogP contribution in [0.15, 0.2) is 59.4 Å². The Balaban J connectivity index is 0.874. The average molecular weight is 648 g/mol. The normalized spacial score (nSPS) is 18.1. The summed E-state index contributed by atoms with van der Waals surface area (Å²) in [6.45, 7) is 4.85. The summed E-state index contributed by atoms with van der Waals surface area (Å²) in [7, 11) is 0. The number of aliphatic hydroxyl groups is 2. The molecule has 1 aliphatic heterocycles. The molecule has 1 aliphatic carbocycles. The lowest BCUT2D eigenvalue weighted by Gasteiger charge is -2.40. The molecule has 5 N–H and O–H groups in total. The number of piperidine rings is 1. The summed E-state index contributed by atoms with van der Waals surface area (Å²) < 4.78 is 5.77. The number of ether oxygens (including phenoxy) is 1. The number of H-pyrrole nitrogens is 1. The molecule has 9 heteroatoms. The summed E-state index contributed by atoms with van der Waals surface area (Å²) >= 11 is 0. The highest BCUT2D eigenvalue weighted by molar-refractivity contribution is 5.87. The summed E-state index contributed by atoms with van der Waals surface area (Å²) in [6.07, 6.45) is 12.5. The highest BCUT2D eigenvalue weighted by Crippen LogP contribution is 2.43. The van der Waals surface area contributed by atoms with Gasteiger partial charge in [-0.05, 0) is 93.9 Å². The Morgan fingerprint density at radius 1 is 0.936 bits per heavy atom. The topological polar surface area (TPSA) is 135 Å². The second-order valence-corrected chi connectivity index (χ2v) is 13.6. The van der Waals surface area contributed by atoms with Gasteiger partial charge in [-0.15, -0.1) is 0 Å². The molecular formula is C38H53N3O6. The van der Waals surface area contributed by atoms with E-state index in [1.54, 1.807) is 12.1 Å². The Hall–Kier alpha value is -3.24. The van der Waals surface area contributed by atoms with Gasteiger partial charge in [0.1, 0.15) is 5.75 Å². The maximum absolute atomic E-state index is 13.1. The molecule has 1 saturated heterocycles. The molecule has 1 saturated carbocycles. The van der Waals surface area contributed by atoms with Gasteiger partial charge in [0, 0.05) is 23.9 Å². The predicted molar refractivity (Wildman–Crippen MR) is 184 cm³/mol. The molecule has 0 spiro atoms. The number of rotatable bonds is 18. The highest BCUT2D eigenvalue weighted by atomic mass is 16.5. The van der Waals surface area contributed by atoms with Crippen molar-refractivity contribution >= 4 is 16.9 Å². The molecule has 2 atom stereocenters. The van der Waals surface area contributed by atoms with Crippen LogP contribution in [-0.2, 0) is 15.1 Å². The Morgan fingerprint density at radius 2 is 1.64 bits per heavy atom. The molecular weight excluding hydrogens is 594 g/mol. The number of likely N-dealkylation sites (tertiary alicyclic amines) is 1. The molecule has 3 aromatic rings. The van der Waals surface area contributed by atoms with Crippen molar-refractivity contribution < 1.29 is 24.9 Å². The van der Waals surface area contributed by atoms with E-state index in [1.807, 2.05) is 30.3 Å². The van der Waals surface area contributed by atoms with Gasteiger partial charge in [0.05, 0.1) is 18.2 Å². The van der Waals surface area contributed by atoms with Gasteiger partial charge >= 0.3 is 5.97 Å². The first-order valence-electron chi connectivity index (χ1n) is 17.8. The lowest BCUT2D eigenvalue weighted by Crippen LogP contribution is -2.47. The Kier molecular flexibility index (Phi) is 12.9. The molecule has 2 unspecified atom stereocenters. The fourth-order valence-corrected chi connectivity index (χ4v) is 7.09. The van der Waals surface area contributed by atoms with Crippen molar-refractivity contribution in [1.82, 2.24) is 15.2 Å². The number of unbranched alkanes of at least 4 members (excludes halogenated alkanes) is 6. The summed E-state index contributed by atoms with van der Waals surface area (Å²) in [5.74, 6) is -0.186. The van der Waals surface area contributed by atoms with E-state index in [0.29, 0.717) is 41.1 Å². The molecule has 1 aromatic heterocycles. The number of carbonyl (C=O) groups is 1. The average Bonchev–Trinajstić information content (AvgIpc) is 3.06. The zero-order valence-electron chi connectivity index (χ0n) is 27.7. The maximum Gasteiger partial charge on any atom is 0.343 e. The number of aromatic hydroxyl groups is 1. The number of aromatic amines is 1. The van der Waals surface area contributed by atoms with Gasteiger partial charge < -0.3 is 35.3 Å². The van der Waals surface area contributed by atoms with Crippen LogP contribution >= 0.6 is 0 Å². The number of esters is 1. The van der Waals surface area contributed by atoms with Crippen molar-refractivity contribution in [1.29, 1.82) is 0 Å². The fraction of sp³-hybridized carbons (Fsp3) is 0.579. The monoisotopic (exact) mass is 647 g/mol. The first kappa shape index (κ1) is 35.1. The molecule has 256 valence electrons. The standard InChI is InChI=1S/C38H53N3O6/c42-33-18-16-31(32-17-19-35(44)40-36(32)33)34(43)26-39-22-9-4-2-1-3-5-10-23-41-24-20-28(21-25-41)27-47-37(45)38(46,30-14-11-15-30)29-12-7-6-8-13-29/h6-8,12-13,16-19,28,30,34,39,42-43,46H,1-5,9-11,14-15,20-27H2,(H,40,44). The van der Waals surface area contributed by atoms with Gasteiger partial charge in [-0.2, -0.15) is 0 Å². The van der Waals surface area contributed by atoms with E-state index < -0.39 is 17.7 Å². The van der Waals surface area contributed by atoms with Gasteiger partial charge in [-0.1, -0.05) is 74.9 Å². The molecule has 2 aliphatic rings. The third-order valence-electron chi connectivity index (χ3n) is 10.3. The van der Waals surface area contributed by atoms with Crippen LogP contribution in [0.1, 0.15) is 94.3 Å². The second-order valence-electron chi connectivity index (χ2n) is 13.6. The maximum atomic E-state index is 13.1. The number of aromatic nitrogens is 1. The quantitative estimate of drug-likeness (QED) is 0.0899. The Morgan fingerprint density at radius 3 is 2.34 bits per heavy atom. The first-order valence-corrected chi connectivity index (χ1v) is 17.8. The minimum absolute atomic E-state index is 0.00277. The van der Waals surface area contributed by atoms with Crippen molar-refractivity contribution in [3.05, 3.63) is 76.1 Å². The Labute approximate surface area is 278 Å². The fourth-order valence-electron chi connectivity index (χ4n) is 7.09. The first-order chi connectivity index (χ1) is 22.9. The zero-order chi connectivity index (χ0) is 33.1. The van der Waals surface area contributed by atoms with E-state index in [1.165, 1.54) is 44.2 Å². The second kappa shape index (κ2) is 17.2. The van der Waals surface area contributed by atoms with Gasteiger partial charge in [0.2, 0.25) is 5.56 Å². The van der Waals surface area contributed by atoms with Crippen molar-refractivity contribution in [2.24, 2.45) is 11.8 Å². The Bertz CT molecular complexity index is 1470. The van der Waals surface area contributed by atoms with Crippen LogP contribution in [0.2, 0.25) is 0 Å². The SMILES string of the molecule is O=C(OCC1CCN(CCCCCCCCCNCC(O)c2ccc(O)c3[nH]c(=O)ccc23)CC1)C(O)(c1ccccc1)C1CCC1. The van der Waals surface area contributed by atoms with Crippen molar-refractivity contribution in [2.75, 3.05) is 39.3 Å². The van der Waals surface area contributed by atoms with E-state index in [2.05, 4.69) is 15.2 Å². The lowest BCUT2D eigenvalue weighted by molar-refractivity contribution is -0.180. The molecule has 0 radical (unpaired) electrons. The van der Waals surface area contributed by atoms with Crippen molar-refractivity contribution in [3.63, 3.8) is 0 Å². The van der Waals surface area contributed by atoms with E-state index >= 15 is 0 Å². The van der Waals surface area contributed by atoms with Crippen molar-refractivity contribution in [2.45, 2.75) is 88.8 Å². The summed E-state index contributed by atoms with van der Waals surface area (Å²) in [6, 6.07) is 15.6. The van der Waals surface area contributed by atoms with Gasteiger partial charge in [0.25, 0.3) is 0 Å². The van der Waals surface area contributed by atoms with E-state index in [0.717, 1.165) is 71.1 Å². The minimum Gasteiger partial charge on any atom is -0.506 e. The van der Waals surface area contributed by atoms with Crippen LogP contribution in [-0.4, -0.2) is 70.5 Å². The number of phenols is 1. The molecule has 2 fully saturated rings. The number of aliphatic hydroxyl groups excluding tert-OH is 1. The molecule has 9 nitrogen and oxygen atoms in total. The number of phenolic OH excluding ortho intramolecular Hbond substituents is 1. The molecule has 2 aromatic carbocycles. The van der Waals surface area contributed by atoms with Gasteiger partial charge in [0.15, 0.2) is 5.60 Å². The van der Waals surface area contributed by atoms with Crippen LogP contribution in [0.4, 0.5) is 0 Å². The molecule has 47 heavy (non-hydrogen) atoms. The summed E-state index contributed by atoms with van der Waals surface area (Å²) in [4.78, 5) is 29.9. The number of nitrogens with zero attached hydrogens (tertiary/aromatic N) is 1. The number of hydrogen-bond donors (Lipinski definition) is 5. The largest absolute Gasteiger partial charge is 0.506 e. The lowest BCUT2D eigenvalue weighted by atomic mass is 9.69. The minimum atomic E-state index is -1.53. The molecule has 0 bridgehead atoms. The smallest absolute Gasteiger partial charge is 0.343 e. The third-order valence-corrected chi connectivity index (χ3v) is 10.3. The zero-order valence-corrected chi connectivity index (χ0v) is 27.7.